The summed E-state index contributed by atoms with van der Waals surface area (Å²) in [4.78, 5) is 11.3. The van der Waals surface area contributed by atoms with Gasteiger partial charge >= 0.3 is 0 Å². The molecule has 0 aromatic rings. The highest BCUT2D eigenvalue weighted by Gasteiger charge is 2.48. The Hall–Kier alpha value is -0.670. The first kappa shape index (κ1) is 7.95. The molecule has 2 rings (SSSR count). The Balaban J connectivity index is 2.27. The second-order valence-electron chi connectivity index (χ2n) is 3.77. The number of carbonyl (C=O) groups is 1. The third-order valence-corrected chi connectivity index (χ3v) is 2.20. The number of ketones is 1. The lowest BCUT2D eigenvalue weighted by atomic mass is 10.2. The molecule has 1 saturated heterocycles. The van der Waals surface area contributed by atoms with Crippen molar-refractivity contribution in [3.05, 3.63) is 11.6 Å². The molecule has 1 aliphatic carbocycles. The highest BCUT2D eigenvalue weighted by atomic mass is 16.8. The van der Waals surface area contributed by atoms with Crippen molar-refractivity contribution in [2.45, 2.75) is 38.8 Å². The SMILES string of the molecule is CC1=CC(=O)[C@@H]2OC(C)(C)O[C@H]12. The van der Waals surface area contributed by atoms with Crippen LogP contribution >= 0.6 is 0 Å². The summed E-state index contributed by atoms with van der Waals surface area (Å²) in [5.41, 5.74) is 0.968. The monoisotopic (exact) mass is 168 g/mol. The van der Waals surface area contributed by atoms with Crippen molar-refractivity contribution in [2.75, 3.05) is 0 Å². The lowest BCUT2D eigenvalue weighted by Gasteiger charge is -2.17. The summed E-state index contributed by atoms with van der Waals surface area (Å²) >= 11 is 0. The molecule has 0 radical (unpaired) electrons. The molecule has 0 unspecified atom stereocenters. The first-order valence-corrected chi connectivity index (χ1v) is 4.07. The van der Waals surface area contributed by atoms with Crippen LogP contribution in [0.4, 0.5) is 0 Å². The molecule has 3 nitrogen and oxygen atoms in total. The molecule has 1 heterocycles. The van der Waals surface area contributed by atoms with Gasteiger partial charge in [0, 0.05) is 0 Å². The van der Waals surface area contributed by atoms with Gasteiger partial charge in [-0.1, -0.05) is 0 Å². The molecule has 0 aromatic carbocycles. The van der Waals surface area contributed by atoms with Crippen LogP contribution in [0.15, 0.2) is 11.6 Å². The van der Waals surface area contributed by atoms with E-state index in [1.807, 2.05) is 20.8 Å². The minimum absolute atomic E-state index is 0.0306. The number of hydrogen-bond acceptors (Lipinski definition) is 3. The van der Waals surface area contributed by atoms with E-state index in [1.165, 1.54) is 0 Å². The maximum atomic E-state index is 11.3. The van der Waals surface area contributed by atoms with E-state index in [0.717, 1.165) is 5.57 Å². The largest absolute Gasteiger partial charge is 0.340 e. The Morgan fingerprint density at radius 1 is 1.33 bits per heavy atom. The highest BCUT2D eigenvalue weighted by molar-refractivity contribution is 5.98. The van der Waals surface area contributed by atoms with Crippen molar-refractivity contribution in [1.82, 2.24) is 0 Å². The van der Waals surface area contributed by atoms with Gasteiger partial charge in [0.1, 0.15) is 6.10 Å². The molecule has 2 aliphatic rings. The van der Waals surface area contributed by atoms with Crippen LogP contribution in [0.2, 0.25) is 0 Å². The van der Waals surface area contributed by atoms with Crippen LogP contribution in [0.3, 0.4) is 0 Å². The van der Waals surface area contributed by atoms with E-state index in [9.17, 15) is 4.79 Å². The summed E-state index contributed by atoms with van der Waals surface area (Å²) in [5, 5.41) is 0. The molecule has 0 aromatic heterocycles. The summed E-state index contributed by atoms with van der Waals surface area (Å²) in [5.74, 6) is -0.580. The molecule has 3 heteroatoms. The number of hydrogen-bond donors (Lipinski definition) is 0. The zero-order chi connectivity index (χ0) is 8.93. The Labute approximate surface area is 71.3 Å². The van der Waals surface area contributed by atoms with E-state index >= 15 is 0 Å². The average Bonchev–Trinajstić information content (AvgIpc) is 2.34. The van der Waals surface area contributed by atoms with E-state index in [-0.39, 0.29) is 18.0 Å². The third kappa shape index (κ3) is 1.01. The van der Waals surface area contributed by atoms with E-state index in [4.69, 9.17) is 9.47 Å². The zero-order valence-corrected chi connectivity index (χ0v) is 7.46. The highest BCUT2D eigenvalue weighted by Crippen LogP contribution is 2.35. The maximum Gasteiger partial charge on any atom is 0.187 e. The lowest BCUT2D eigenvalue weighted by Crippen LogP contribution is -2.25. The number of rotatable bonds is 0. The number of ether oxygens (including phenoxy) is 2. The first-order chi connectivity index (χ1) is 5.49. The van der Waals surface area contributed by atoms with Crippen LogP contribution in [-0.4, -0.2) is 23.8 Å². The van der Waals surface area contributed by atoms with Crippen molar-refractivity contribution in [3.8, 4) is 0 Å². The maximum absolute atomic E-state index is 11.3. The van der Waals surface area contributed by atoms with Gasteiger partial charge in [0.2, 0.25) is 0 Å². The predicted molar refractivity (Wildman–Crippen MR) is 42.6 cm³/mol. The zero-order valence-electron chi connectivity index (χ0n) is 7.46. The molecule has 0 saturated carbocycles. The van der Waals surface area contributed by atoms with Crippen LogP contribution in [0.25, 0.3) is 0 Å². The standard InChI is InChI=1S/C9H12O3/c1-5-4-6(10)8-7(5)11-9(2,3)12-8/h4,7-8H,1-3H3/t7-,8+/m1/s1. The topological polar surface area (TPSA) is 35.5 Å². The molecule has 0 N–H and O–H groups in total. The minimum atomic E-state index is -0.611. The smallest absolute Gasteiger partial charge is 0.187 e. The van der Waals surface area contributed by atoms with Crippen LogP contribution < -0.4 is 0 Å². The molecule has 1 aliphatic heterocycles. The molecular formula is C9H12O3. The van der Waals surface area contributed by atoms with Crippen LogP contribution in [0.1, 0.15) is 20.8 Å². The van der Waals surface area contributed by atoms with Gasteiger partial charge in [-0.15, -0.1) is 0 Å². The van der Waals surface area contributed by atoms with Crippen molar-refractivity contribution in [1.29, 1.82) is 0 Å². The number of carbonyl (C=O) groups excluding carboxylic acids is 1. The van der Waals surface area contributed by atoms with E-state index < -0.39 is 5.79 Å². The quantitative estimate of drug-likeness (QED) is 0.542. The Morgan fingerprint density at radius 2 is 1.92 bits per heavy atom. The molecule has 0 spiro atoms. The summed E-state index contributed by atoms with van der Waals surface area (Å²) in [7, 11) is 0. The molecule has 0 bridgehead atoms. The van der Waals surface area contributed by atoms with Crippen molar-refractivity contribution in [3.63, 3.8) is 0 Å². The molecule has 12 heavy (non-hydrogen) atoms. The van der Waals surface area contributed by atoms with Crippen molar-refractivity contribution in [2.24, 2.45) is 0 Å². The third-order valence-electron chi connectivity index (χ3n) is 2.20. The normalized spacial score (nSPS) is 38.2. The minimum Gasteiger partial charge on any atom is -0.340 e. The van der Waals surface area contributed by atoms with E-state index in [1.54, 1.807) is 6.08 Å². The van der Waals surface area contributed by atoms with Gasteiger partial charge in [0.25, 0.3) is 0 Å². The van der Waals surface area contributed by atoms with Gasteiger partial charge in [0.15, 0.2) is 17.7 Å². The summed E-state index contributed by atoms with van der Waals surface area (Å²) < 4.78 is 11.0. The Morgan fingerprint density at radius 3 is 2.50 bits per heavy atom. The molecule has 2 atom stereocenters. The van der Waals surface area contributed by atoms with Crippen molar-refractivity contribution >= 4 is 5.78 Å². The molecule has 66 valence electrons. The van der Waals surface area contributed by atoms with Gasteiger partial charge in [-0.2, -0.15) is 0 Å². The molecule has 0 amide bonds. The number of fused-ring (bicyclic) bond motifs is 1. The Kier molecular flexibility index (Phi) is 1.44. The van der Waals surface area contributed by atoms with Gasteiger partial charge < -0.3 is 9.47 Å². The fourth-order valence-electron chi connectivity index (χ4n) is 1.69. The van der Waals surface area contributed by atoms with Crippen LogP contribution in [-0.2, 0) is 14.3 Å². The Bertz CT molecular complexity index is 265. The van der Waals surface area contributed by atoms with Crippen LogP contribution in [0, 0.1) is 0 Å². The molecule has 1 fully saturated rings. The van der Waals surface area contributed by atoms with E-state index in [0.29, 0.717) is 0 Å². The van der Waals surface area contributed by atoms with Gasteiger partial charge in [-0.3, -0.25) is 4.79 Å². The fraction of sp³-hybridized carbons (Fsp3) is 0.667. The second-order valence-corrected chi connectivity index (χ2v) is 3.77. The lowest BCUT2D eigenvalue weighted by molar-refractivity contribution is -0.152. The molecular weight excluding hydrogens is 156 g/mol. The first-order valence-electron chi connectivity index (χ1n) is 4.07. The van der Waals surface area contributed by atoms with Crippen molar-refractivity contribution < 1.29 is 14.3 Å². The van der Waals surface area contributed by atoms with E-state index in [2.05, 4.69) is 0 Å². The van der Waals surface area contributed by atoms with Gasteiger partial charge in [0.05, 0.1) is 0 Å². The van der Waals surface area contributed by atoms with Crippen LogP contribution in [0.5, 0.6) is 0 Å². The summed E-state index contributed by atoms with van der Waals surface area (Å²) in [6.07, 6.45) is 1.07. The second kappa shape index (κ2) is 2.18. The summed E-state index contributed by atoms with van der Waals surface area (Å²) in [6.45, 7) is 5.55. The predicted octanol–water partition coefficient (Wildman–Crippen LogP) is 1.04. The fourth-order valence-corrected chi connectivity index (χ4v) is 1.69. The van der Waals surface area contributed by atoms with Gasteiger partial charge in [-0.25, -0.2) is 0 Å². The summed E-state index contributed by atoms with van der Waals surface area (Å²) in [6, 6.07) is 0. The van der Waals surface area contributed by atoms with Gasteiger partial charge in [-0.05, 0) is 32.4 Å². The average molecular weight is 168 g/mol.